The fourth-order valence-corrected chi connectivity index (χ4v) is 5.12. The van der Waals surface area contributed by atoms with E-state index in [4.69, 9.17) is 4.98 Å². The van der Waals surface area contributed by atoms with E-state index in [-0.39, 0.29) is 11.2 Å². The maximum atomic E-state index is 13.1. The van der Waals surface area contributed by atoms with Gasteiger partial charge in [0.1, 0.15) is 5.25 Å². The Bertz CT molecular complexity index is 996. The highest BCUT2D eigenvalue weighted by Crippen LogP contribution is 2.36. The molecule has 0 bridgehead atoms. The molecule has 28 heavy (non-hydrogen) atoms. The second-order valence-electron chi connectivity index (χ2n) is 6.69. The smallest absolute Gasteiger partial charge is 0.266 e. The molecule has 142 valence electrons. The molecule has 4 nitrogen and oxygen atoms in total. The molecule has 6 heteroatoms. The molecule has 0 spiro atoms. The Kier molecular flexibility index (Phi) is 5.59. The van der Waals surface area contributed by atoms with Gasteiger partial charge in [-0.3, -0.25) is 4.79 Å². The zero-order chi connectivity index (χ0) is 19.5. The molecule has 1 aliphatic rings. The zero-order valence-electron chi connectivity index (χ0n) is 15.8. The van der Waals surface area contributed by atoms with Crippen molar-refractivity contribution in [3.8, 4) is 11.3 Å². The summed E-state index contributed by atoms with van der Waals surface area (Å²) >= 11 is 3.09. The van der Waals surface area contributed by atoms with E-state index in [1.54, 1.807) is 11.3 Å². The van der Waals surface area contributed by atoms with Crippen LogP contribution in [-0.4, -0.2) is 21.9 Å². The molecule has 0 radical (unpaired) electrons. The van der Waals surface area contributed by atoms with Crippen LogP contribution in [0.15, 0.2) is 69.4 Å². The third-order valence-electron chi connectivity index (χ3n) is 4.52. The molecule has 1 aliphatic heterocycles. The molecule has 0 N–H and O–H groups in total. The highest BCUT2D eigenvalue weighted by atomic mass is 32.2. The third kappa shape index (κ3) is 3.88. The lowest BCUT2D eigenvalue weighted by molar-refractivity contribution is -0.116. The van der Waals surface area contributed by atoms with Gasteiger partial charge in [0.15, 0.2) is 4.34 Å². The van der Waals surface area contributed by atoms with Gasteiger partial charge in [-0.05, 0) is 25.5 Å². The van der Waals surface area contributed by atoms with Crippen LogP contribution in [0.5, 0.6) is 0 Å². The fourth-order valence-electron chi connectivity index (χ4n) is 3.06. The monoisotopic (exact) mass is 407 g/mol. The van der Waals surface area contributed by atoms with Crippen LogP contribution < -0.4 is 5.01 Å². The average molecular weight is 408 g/mol. The predicted molar refractivity (Wildman–Crippen MR) is 118 cm³/mol. The van der Waals surface area contributed by atoms with Gasteiger partial charge >= 0.3 is 0 Å². The molecule has 0 unspecified atom stereocenters. The zero-order valence-corrected chi connectivity index (χ0v) is 17.5. The highest BCUT2D eigenvalue weighted by Gasteiger charge is 2.37. The summed E-state index contributed by atoms with van der Waals surface area (Å²) < 4.78 is 0.896. The number of carbonyl (C=O) groups is 1. The Balaban J connectivity index is 1.56. The minimum Gasteiger partial charge on any atom is -0.271 e. The molecule has 0 fully saturated rings. The number of carbonyl (C=O) groups excluding carboxylic acids is 1. The number of nitrogens with zero attached hydrogens (tertiary/aromatic N) is 3. The summed E-state index contributed by atoms with van der Waals surface area (Å²) in [6, 6.07) is 18.0. The normalized spacial score (nSPS) is 16.5. The summed E-state index contributed by atoms with van der Waals surface area (Å²) in [4.78, 5) is 17.8. The highest BCUT2D eigenvalue weighted by molar-refractivity contribution is 8.03. The van der Waals surface area contributed by atoms with Gasteiger partial charge in [-0.2, -0.15) is 10.1 Å². The van der Waals surface area contributed by atoms with Crippen molar-refractivity contribution in [1.82, 2.24) is 4.98 Å². The molecule has 0 saturated heterocycles. The molecule has 4 rings (SSSR count). The van der Waals surface area contributed by atoms with E-state index >= 15 is 0 Å². The van der Waals surface area contributed by atoms with Gasteiger partial charge < -0.3 is 0 Å². The molecule has 2 heterocycles. The van der Waals surface area contributed by atoms with Crippen molar-refractivity contribution in [2.45, 2.75) is 36.3 Å². The van der Waals surface area contributed by atoms with E-state index in [1.807, 2.05) is 30.3 Å². The maximum Gasteiger partial charge on any atom is 0.266 e. The second-order valence-corrected chi connectivity index (χ2v) is 8.90. The number of anilines is 1. The second kappa shape index (κ2) is 8.29. The van der Waals surface area contributed by atoms with Gasteiger partial charge in [-0.15, -0.1) is 11.3 Å². The van der Waals surface area contributed by atoms with Crippen LogP contribution in [0.4, 0.5) is 5.69 Å². The van der Waals surface area contributed by atoms with E-state index in [2.05, 4.69) is 48.6 Å². The lowest BCUT2D eigenvalue weighted by atomic mass is 10.1. The molecule has 3 aromatic rings. The van der Waals surface area contributed by atoms with E-state index in [1.165, 1.54) is 22.3 Å². The summed E-state index contributed by atoms with van der Waals surface area (Å²) in [5.41, 5.74) is 5.01. The summed E-state index contributed by atoms with van der Waals surface area (Å²) in [5, 5.41) is 7.92. The Hall–Kier alpha value is -2.44. The SMILES string of the molecule is CCCC1=NN(c2ccccc2)C(=O)[C@H]1Sc1nc(-c2ccc(C)cc2)cs1. The summed E-state index contributed by atoms with van der Waals surface area (Å²) in [6.07, 6.45) is 1.77. The number of rotatable bonds is 6. The molecule has 1 atom stereocenters. The Morgan fingerprint density at radius 1 is 1.11 bits per heavy atom. The van der Waals surface area contributed by atoms with Gasteiger partial charge in [-0.25, -0.2) is 4.98 Å². The van der Waals surface area contributed by atoms with E-state index < -0.39 is 0 Å². The van der Waals surface area contributed by atoms with Crippen molar-refractivity contribution in [1.29, 1.82) is 0 Å². The number of amides is 1. The van der Waals surface area contributed by atoms with Gasteiger partial charge in [0.2, 0.25) is 0 Å². The summed E-state index contributed by atoms with van der Waals surface area (Å²) in [7, 11) is 0. The molecular formula is C22H21N3OS2. The number of benzene rings is 2. The van der Waals surface area contributed by atoms with Crippen LogP contribution in [0.3, 0.4) is 0 Å². The van der Waals surface area contributed by atoms with Gasteiger partial charge in [-0.1, -0.05) is 73.1 Å². The molecule has 1 aromatic heterocycles. The van der Waals surface area contributed by atoms with Crippen molar-refractivity contribution in [3.05, 3.63) is 65.5 Å². The van der Waals surface area contributed by atoms with Gasteiger partial charge in [0.25, 0.3) is 5.91 Å². The lowest BCUT2D eigenvalue weighted by Gasteiger charge is -2.13. The minimum atomic E-state index is -0.308. The molecule has 1 amide bonds. The van der Waals surface area contributed by atoms with Crippen LogP contribution in [0, 0.1) is 6.92 Å². The maximum absolute atomic E-state index is 13.1. The van der Waals surface area contributed by atoms with Crippen molar-refractivity contribution < 1.29 is 4.79 Å². The van der Waals surface area contributed by atoms with Crippen LogP contribution >= 0.6 is 23.1 Å². The first kappa shape index (κ1) is 18.9. The molecule has 2 aromatic carbocycles. The predicted octanol–water partition coefficient (Wildman–Crippen LogP) is 5.78. The van der Waals surface area contributed by atoms with Crippen LogP contribution in [-0.2, 0) is 4.79 Å². The number of hydrogen-bond donors (Lipinski definition) is 0. The van der Waals surface area contributed by atoms with Crippen molar-refractivity contribution >= 4 is 40.4 Å². The lowest BCUT2D eigenvalue weighted by Crippen LogP contribution is -2.29. The number of thiazole rings is 1. The van der Waals surface area contributed by atoms with E-state index in [0.29, 0.717) is 0 Å². The van der Waals surface area contributed by atoms with E-state index in [9.17, 15) is 4.79 Å². The summed E-state index contributed by atoms with van der Waals surface area (Å²) in [5.74, 6) is 0.00624. The van der Waals surface area contributed by atoms with Crippen molar-refractivity contribution in [2.75, 3.05) is 5.01 Å². The van der Waals surface area contributed by atoms with Crippen molar-refractivity contribution in [2.24, 2.45) is 5.10 Å². The topological polar surface area (TPSA) is 45.6 Å². The van der Waals surface area contributed by atoms with Crippen LogP contribution in [0.25, 0.3) is 11.3 Å². The largest absolute Gasteiger partial charge is 0.271 e. The molecule has 0 aliphatic carbocycles. The van der Waals surface area contributed by atoms with Gasteiger partial charge in [0.05, 0.1) is 17.1 Å². The van der Waals surface area contributed by atoms with Crippen LogP contribution in [0.1, 0.15) is 25.3 Å². The Morgan fingerprint density at radius 2 is 1.86 bits per heavy atom. The Morgan fingerprint density at radius 3 is 2.57 bits per heavy atom. The molecular weight excluding hydrogens is 386 g/mol. The number of hydrazone groups is 1. The number of thioether (sulfide) groups is 1. The van der Waals surface area contributed by atoms with Crippen LogP contribution in [0.2, 0.25) is 0 Å². The number of aryl methyl sites for hydroxylation is 1. The first-order valence-corrected chi connectivity index (χ1v) is 11.1. The minimum absolute atomic E-state index is 0.00624. The Labute approximate surface area is 173 Å². The van der Waals surface area contributed by atoms with Crippen molar-refractivity contribution in [3.63, 3.8) is 0 Å². The average Bonchev–Trinajstić information content (AvgIpc) is 3.30. The quantitative estimate of drug-likeness (QED) is 0.520. The standard InChI is InChI=1S/C22H21N3OS2/c1-3-7-18-20(21(26)25(24-18)17-8-5-4-6-9-17)28-22-23-19(14-27-22)16-12-10-15(2)11-13-16/h4-6,8-14,20H,3,7H2,1-2H3/t20-/m0/s1. The van der Waals surface area contributed by atoms with Gasteiger partial charge in [0, 0.05) is 10.9 Å². The number of aromatic nitrogens is 1. The number of para-hydroxylation sites is 1. The summed E-state index contributed by atoms with van der Waals surface area (Å²) in [6.45, 7) is 4.18. The first-order valence-electron chi connectivity index (χ1n) is 9.31. The first-order chi connectivity index (χ1) is 13.7. The van der Waals surface area contributed by atoms with E-state index in [0.717, 1.165) is 39.8 Å². The fraction of sp³-hybridized carbons (Fsp3) is 0.227. The number of hydrogen-bond acceptors (Lipinski definition) is 5. The molecule has 0 saturated carbocycles. The third-order valence-corrected chi connectivity index (χ3v) is 6.73.